The largest absolute Gasteiger partial charge is 0.487 e. The number of nitrogens with two attached hydrogens (primary N) is 1. The van der Waals surface area contributed by atoms with E-state index >= 15 is 0 Å². The molecule has 1 saturated heterocycles. The smallest absolute Gasteiger partial charge is 0.137 e. The lowest BCUT2D eigenvalue weighted by atomic mass is 9.86. The van der Waals surface area contributed by atoms with Crippen molar-refractivity contribution in [2.45, 2.75) is 33.1 Å². The van der Waals surface area contributed by atoms with E-state index in [2.05, 4.69) is 51.2 Å². The van der Waals surface area contributed by atoms with Crippen LogP contribution in [0.1, 0.15) is 31.9 Å². The minimum atomic E-state index is 0.135. The summed E-state index contributed by atoms with van der Waals surface area (Å²) in [5.74, 6) is 1.07. The zero-order valence-electron chi connectivity index (χ0n) is 13.5. The Morgan fingerprint density at radius 1 is 1.20 bits per heavy atom. The number of nitrogens with one attached hydrogen (secondary N) is 1. The number of quaternary nitrogens is 2. The molecule has 2 rings (SSSR count). The third-order valence-corrected chi connectivity index (χ3v) is 4.06. The van der Waals surface area contributed by atoms with E-state index in [-0.39, 0.29) is 5.41 Å². The van der Waals surface area contributed by atoms with Crippen LogP contribution in [0.25, 0.3) is 0 Å². The first-order valence-electron chi connectivity index (χ1n) is 7.86. The van der Waals surface area contributed by atoms with Gasteiger partial charge in [0.1, 0.15) is 45.1 Å². The first kappa shape index (κ1) is 15.3. The molecule has 20 heavy (non-hydrogen) atoms. The summed E-state index contributed by atoms with van der Waals surface area (Å²) in [6, 6.07) is 6.58. The van der Waals surface area contributed by atoms with Crippen LogP contribution in [0.5, 0.6) is 5.75 Å². The van der Waals surface area contributed by atoms with Gasteiger partial charge in [-0.05, 0) is 29.5 Å². The van der Waals surface area contributed by atoms with Crippen molar-refractivity contribution in [3.05, 3.63) is 29.3 Å². The molecule has 0 atom stereocenters. The fourth-order valence-corrected chi connectivity index (χ4v) is 2.81. The molecule has 0 radical (unpaired) electrons. The zero-order chi connectivity index (χ0) is 14.6. The summed E-state index contributed by atoms with van der Waals surface area (Å²) in [5.41, 5.74) is 2.72. The third kappa shape index (κ3) is 4.22. The topological polar surface area (TPSA) is 30.3 Å². The number of ether oxygens (including phenoxy) is 1. The van der Waals surface area contributed by atoms with Gasteiger partial charge in [-0.1, -0.05) is 32.9 Å². The van der Waals surface area contributed by atoms with Crippen molar-refractivity contribution in [1.82, 2.24) is 0 Å². The predicted molar refractivity (Wildman–Crippen MR) is 82.6 cm³/mol. The van der Waals surface area contributed by atoms with Crippen LogP contribution in [0.3, 0.4) is 0 Å². The number of aryl methyl sites for hydroxylation is 1. The maximum absolute atomic E-state index is 6.12. The molecule has 0 aromatic heterocycles. The van der Waals surface area contributed by atoms with Crippen molar-refractivity contribution in [1.29, 1.82) is 0 Å². The first-order chi connectivity index (χ1) is 9.47. The van der Waals surface area contributed by atoms with E-state index in [9.17, 15) is 0 Å². The van der Waals surface area contributed by atoms with E-state index in [1.165, 1.54) is 37.3 Å². The molecule has 0 saturated carbocycles. The minimum absolute atomic E-state index is 0.135. The van der Waals surface area contributed by atoms with Crippen molar-refractivity contribution in [2.75, 3.05) is 39.3 Å². The lowest BCUT2D eigenvalue weighted by molar-refractivity contribution is -0.946. The second-order valence-corrected chi connectivity index (χ2v) is 6.96. The maximum atomic E-state index is 6.12. The normalized spacial score (nSPS) is 17.2. The molecular formula is C17H30N2O+2. The Morgan fingerprint density at radius 2 is 1.90 bits per heavy atom. The zero-order valence-corrected chi connectivity index (χ0v) is 13.5. The monoisotopic (exact) mass is 278 g/mol. The molecule has 1 heterocycles. The molecule has 3 N–H and O–H groups in total. The Labute approximate surface area is 123 Å². The summed E-state index contributed by atoms with van der Waals surface area (Å²) >= 11 is 0. The molecule has 1 aromatic rings. The van der Waals surface area contributed by atoms with Crippen LogP contribution >= 0.6 is 0 Å². The second-order valence-electron chi connectivity index (χ2n) is 6.96. The number of benzene rings is 1. The fraction of sp³-hybridized carbons (Fsp3) is 0.647. The summed E-state index contributed by atoms with van der Waals surface area (Å²) in [6.45, 7) is 15.9. The SMILES string of the molecule is Cc1ccc(C(C)(C)C)c(OCC[NH+]2CC[NH2+]CC2)c1. The highest BCUT2D eigenvalue weighted by Crippen LogP contribution is 2.31. The highest BCUT2D eigenvalue weighted by atomic mass is 16.5. The first-order valence-corrected chi connectivity index (χ1v) is 7.86. The van der Waals surface area contributed by atoms with Gasteiger partial charge in [-0.3, -0.25) is 0 Å². The highest BCUT2D eigenvalue weighted by molar-refractivity contribution is 5.41. The quantitative estimate of drug-likeness (QED) is 0.806. The third-order valence-electron chi connectivity index (χ3n) is 4.06. The van der Waals surface area contributed by atoms with Crippen LogP contribution in [0.15, 0.2) is 18.2 Å². The van der Waals surface area contributed by atoms with Crippen LogP contribution in [0, 0.1) is 6.92 Å². The molecule has 0 unspecified atom stereocenters. The number of piperazine rings is 1. The lowest BCUT2D eigenvalue weighted by Crippen LogP contribution is -3.20. The summed E-state index contributed by atoms with van der Waals surface area (Å²) in [5, 5.41) is 2.41. The van der Waals surface area contributed by atoms with Crippen LogP contribution in [0.2, 0.25) is 0 Å². The van der Waals surface area contributed by atoms with Gasteiger partial charge in [0.05, 0.1) is 0 Å². The van der Waals surface area contributed by atoms with Gasteiger partial charge >= 0.3 is 0 Å². The van der Waals surface area contributed by atoms with Crippen LogP contribution < -0.4 is 15.0 Å². The van der Waals surface area contributed by atoms with Gasteiger partial charge in [0.2, 0.25) is 0 Å². The van der Waals surface area contributed by atoms with Crippen molar-refractivity contribution in [3.8, 4) is 5.75 Å². The Morgan fingerprint density at radius 3 is 2.55 bits per heavy atom. The van der Waals surface area contributed by atoms with Gasteiger partial charge in [-0.2, -0.15) is 0 Å². The molecule has 1 aliphatic heterocycles. The van der Waals surface area contributed by atoms with Gasteiger partial charge < -0.3 is 15.0 Å². The molecule has 1 fully saturated rings. The maximum Gasteiger partial charge on any atom is 0.137 e. The second kappa shape index (κ2) is 6.59. The van der Waals surface area contributed by atoms with Gasteiger partial charge in [0.15, 0.2) is 0 Å². The average Bonchev–Trinajstić information content (AvgIpc) is 2.38. The van der Waals surface area contributed by atoms with Gasteiger partial charge in [-0.25, -0.2) is 0 Å². The molecule has 3 nitrogen and oxygen atoms in total. The number of hydrogen-bond acceptors (Lipinski definition) is 1. The van der Waals surface area contributed by atoms with Crippen LogP contribution in [-0.4, -0.2) is 39.3 Å². The fourth-order valence-electron chi connectivity index (χ4n) is 2.81. The van der Waals surface area contributed by atoms with E-state index in [0.29, 0.717) is 0 Å². The summed E-state index contributed by atoms with van der Waals surface area (Å²) in [6.07, 6.45) is 0. The van der Waals surface area contributed by atoms with E-state index in [1.807, 2.05) is 0 Å². The molecule has 3 heteroatoms. The molecule has 1 aliphatic rings. The van der Waals surface area contributed by atoms with E-state index in [0.717, 1.165) is 18.9 Å². The molecule has 0 bridgehead atoms. The van der Waals surface area contributed by atoms with Gasteiger partial charge in [-0.15, -0.1) is 0 Å². The Bertz CT molecular complexity index is 431. The Balaban J connectivity index is 1.95. The van der Waals surface area contributed by atoms with Crippen LogP contribution in [0.4, 0.5) is 0 Å². The van der Waals surface area contributed by atoms with Crippen LogP contribution in [-0.2, 0) is 5.41 Å². The standard InChI is InChI=1S/C17H28N2O/c1-14-5-6-15(17(2,3)4)16(13-14)20-12-11-19-9-7-18-8-10-19/h5-6,13,18H,7-12H2,1-4H3/p+2. The molecule has 112 valence electrons. The predicted octanol–water partition coefficient (Wildman–Crippen LogP) is 0.133. The molecule has 0 spiro atoms. The highest BCUT2D eigenvalue weighted by Gasteiger charge is 2.20. The van der Waals surface area contributed by atoms with Crippen molar-refractivity contribution < 1.29 is 15.0 Å². The molecule has 0 aliphatic carbocycles. The molecular weight excluding hydrogens is 248 g/mol. The molecule has 0 amide bonds. The number of rotatable bonds is 4. The van der Waals surface area contributed by atoms with Crippen molar-refractivity contribution in [2.24, 2.45) is 0 Å². The van der Waals surface area contributed by atoms with Crippen molar-refractivity contribution in [3.63, 3.8) is 0 Å². The summed E-state index contributed by atoms with van der Waals surface area (Å²) < 4.78 is 6.12. The lowest BCUT2D eigenvalue weighted by Gasteiger charge is -2.25. The van der Waals surface area contributed by atoms with E-state index < -0.39 is 0 Å². The van der Waals surface area contributed by atoms with E-state index in [1.54, 1.807) is 4.90 Å². The average molecular weight is 278 g/mol. The van der Waals surface area contributed by atoms with Crippen molar-refractivity contribution >= 4 is 0 Å². The van der Waals surface area contributed by atoms with Gasteiger partial charge in [0.25, 0.3) is 0 Å². The summed E-state index contributed by atoms with van der Waals surface area (Å²) in [4.78, 5) is 1.68. The minimum Gasteiger partial charge on any atom is -0.487 e. The molecule has 1 aromatic carbocycles. The number of hydrogen-bond donors (Lipinski definition) is 2. The van der Waals surface area contributed by atoms with E-state index in [4.69, 9.17) is 4.74 Å². The Kier molecular flexibility index (Phi) is 5.06. The van der Waals surface area contributed by atoms with Gasteiger partial charge in [0, 0.05) is 0 Å². The summed E-state index contributed by atoms with van der Waals surface area (Å²) in [7, 11) is 0. The Hall–Kier alpha value is -1.06.